The van der Waals surface area contributed by atoms with Crippen molar-refractivity contribution in [3.63, 3.8) is 0 Å². The van der Waals surface area contributed by atoms with Crippen LogP contribution < -0.4 is 22.1 Å². The van der Waals surface area contributed by atoms with E-state index in [1.165, 1.54) is 6.08 Å². The van der Waals surface area contributed by atoms with Crippen molar-refractivity contribution in [2.75, 3.05) is 20.5 Å². The van der Waals surface area contributed by atoms with Crippen LogP contribution in [0.5, 0.6) is 0 Å². The summed E-state index contributed by atoms with van der Waals surface area (Å²) in [7, 11) is 1.55. The Bertz CT molecular complexity index is 246. The van der Waals surface area contributed by atoms with Gasteiger partial charge in [-0.05, 0) is 20.3 Å². The third-order valence-corrected chi connectivity index (χ3v) is 2.16. The van der Waals surface area contributed by atoms with Crippen LogP contribution in [0, 0.1) is 0 Å². The molecule has 1 atom stereocenters. The van der Waals surface area contributed by atoms with E-state index in [-0.39, 0.29) is 52.8 Å². The second-order valence-corrected chi connectivity index (χ2v) is 3.38. The molecule has 0 spiro atoms. The number of hydrogen-bond acceptors (Lipinski definition) is 4. The maximum Gasteiger partial charge on any atom is 2.00 e. The van der Waals surface area contributed by atoms with Gasteiger partial charge >= 0.3 is 23.1 Å². The smallest absolute Gasteiger partial charge is 1.00 e. The summed E-state index contributed by atoms with van der Waals surface area (Å²) < 4.78 is 15.4. The van der Waals surface area contributed by atoms with Crippen molar-refractivity contribution in [1.29, 1.82) is 0 Å². The Morgan fingerprint density at radius 2 is 1.94 bits per heavy atom. The molecule has 0 fully saturated rings. The van der Waals surface area contributed by atoms with Crippen molar-refractivity contribution in [3.8, 4) is 0 Å². The minimum absolute atomic E-state index is 0. The Morgan fingerprint density at radius 3 is 2.33 bits per heavy atom. The molecule has 0 rings (SSSR count). The van der Waals surface area contributed by atoms with Crippen molar-refractivity contribution in [3.05, 3.63) is 24.2 Å². The van der Waals surface area contributed by atoms with Crippen molar-refractivity contribution < 1.29 is 36.3 Å². The normalized spacial score (nSPS) is 14.6. The molecule has 0 aromatic carbocycles. The third-order valence-electron chi connectivity index (χ3n) is 2.16. The summed E-state index contributed by atoms with van der Waals surface area (Å²) in [5, 5.41) is 11.3. The number of rotatable bonds is 8. The third kappa shape index (κ3) is 9.21. The van der Waals surface area contributed by atoms with Crippen LogP contribution in [0.4, 0.5) is 0 Å². The van der Waals surface area contributed by atoms with Crippen molar-refractivity contribution >= 4 is 23.1 Å². The van der Waals surface area contributed by atoms with Crippen molar-refractivity contribution in [2.45, 2.75) is 32.8 Å². The Kier molecular flexibility index (Phi) is 17.7. The molecular formula is C12H21BrMgO4. The molecule has 0 aliphatic heterocycles. The molecule has 0 heterocycles. The van der Waals surface area contributed by atoms with Gasteiger partial charge < -0.3 is 36.3 Å². The average molecular weight is 334 g/mol. The average Bonchev–Trinajstić information content (AvgIpc) is 2.29. The zero-order chi connectivity index (χ0) is 12.4. The van der Waals surface area contributed by atoms with Crippen LogP contribution >= 0.6 is 0 Å². The summed E-state index contributed by atoms with van der Waals surface area (Å²) >= 11 is 0. The summed E-state index contributed by atoms with van der Waals surface area (Å²) in [5.41, 5.74) is -0.698. The van der Waals surface area contributed by atoms with Crippen LogP contribution in [0.2, 0.25) is 0 Å². The van der Waals surface area contributed by atoms with Gasteiger partial charge in [-0.15, -0.1) is 0 Å². The predicted octanol–water partition coefficient (Wildman–Crippen LogP) is -1.81. The van der Waals surface area contributed by atoms with Crippen LogP contribution in [-0.4, -0.2) is 49.2 Å². The van der Waals surface area contributed by atoms with Gasteiger partial charge in [0.1, 0.15) is 6.79 Å². The molecule has 0 bridgehead atoms. The topological polar surface area (TPSA) is 50.8 Å². The Hall–Kier alpha value is 0.246. The molecular weight excluding hydrogens is 312 g/mol. The zero-order valence-corrected chi connectivity index (χ0v) is 14.6. The second-order valence-electron chi connectivity index (χ2n) is 3.38. The predicted molar refractivity (Wildman–Crippen MR) is 66.3 cm³/mol. The molecule has 102 valence electrons. The molecule has 4 nitrogen and oxygen atoms in total. The van der Waals surface area contributed by atoms with Gasteiger partial charge in [-0.2, -0.15) is 0 Å². The molecule has 0 saturated carbocycles. The Balaban J connectivity index is -0.00000112. The first-order valence-electron chi connectivity index (χ1n) is 5.37. The fourth-order valence-corrected chi connectivity index (χ4v) is 1.26. The van der Waals surface area contributed by atoms with E-state index in [1.807, 2.05) is 26.0 Å². The summed E-state index contributed by atoms with van der Waals surface area (Å²) in [6.07, 6.45) is 5.73. The van der Waals surface area contributed by atoms with E-state index >= 15 is 0 Å². The number of hydrogen-bond donors (Lipinski definition) is 0. The van der Waals surface area contributed by atoms with Crippen LogP contribution in [0.1, 0.15) is 27.2 Å². The van der Waals surface area contributed by atoms with E-state index in [1.54, 1.807) is 14.0 Å². The van der Waals surface area contributed by atoms with E-state index in [4.69, 9.17) is 14.2 Å². The summed E-state index contributed by atoms with van der Waals surface area (Å²) in [6.45, 7) is 5.95. The summed E-state index contributed by atoms with van der Waals surface area (Å²) in [5.74, 6) is -0.346. The minimum atomic E-state index is -0.698. The van der Waals surface area contributed by atoms with Gasteiger partial charge in [0.05, 0.1) is 12.2 Å². The van der Waals surface area contributed by atoms with E-state index < -0.39 is 5.60 Å². The quantitative estimate of drug-likeness (QED) is 0.173. The SMILES string of the molecule is C/C=C/C(CC)(COCOC)O/C([O-])=C/C.[Br-].[Mg+2]. The number of methoxy groups -OCH3 is 1. The molecule has 18 heavy (non-hydrogen) atoms. The maximum atomic E-state index is 11.3. The molecule has 0 amide bonds. The zero-order valence-electron chi connectivity index (χ0n) is 11.6. The van der Waals surface area contributed by atoms with E-state index in [0.717, 1.165) is 0 Å². The van der Waals surface area contributed by atoms with Gasteiger partial charge in [-0.1, -0.05) is 25.2 Å². The number of ether oxygens (including phenoxy) is 3. The van der Waals surface area contributed by atoms with Crippen LogP contribution in [0.15, 0.2) is 24.2 Å². The molecule has 0 aromatic rings. The van der Waals surface area contributed by atoms with Gasteiger partial charge in [0.15, 0.2) is 0 Å². The number of allylic oxidation sites excluding steroid dienone is 2. The molecule has 0 radical (unpaired) electrons. The molecule has 1 unspecified atom stereocenters. The fraction of sp³-hybridized carbons (Fsp3) is 0.667. The van der Waals surface area contributed by atoms with Gasteiger partial charge in [0.2, 0.25) is 0 Å². The molecule has 0 saturated heterocycles. The standard InChI is InChI=1S/C12H22O4.BrH.Mg/c1-5-8-12(7-3,9-15-10-14-4)16-11(13)6-2;;/h5-6,8,13H,7,9-10H2,1-4H3;1H;/q;;+2/p-2/b8-5+,11-6+;;. The Labute approximate surface area is 136 Å². The van der Waals surface area contributed by atoms with Gasteiger partial charge in [0, 0.05) is 13.1 Å². The molecule has 0 aliphatic rings. The van der Waals surface area contributed by atoms with Crippen LogP contribution in [-0.2, 0) is 14.2 Å². The Morgan fingerprint density at radius 1 is 1.33 bits per heavy atom. The van der Waals surface area contributed by atoms with Gasteiger partial charge in [-0.25, -0.2) is 0 Å². The van der Waals surface area contributed by atoms with Crippen LogP contribution in [0.3, 0.4) is 0 Å². The first kappa shape index (κ1) is 23.3. The molecule has 6 heteroatoms. The van der Waals surface area contributed by atoms with Gasteiger partial charge in [0.25, 0.3) is 0 Å². The number of halogens is 1. The molecule has 0 N–H and O–H groups in total. The first-order chi connectivity index (χ1) is 7.64. The van der Waals surface area contributed by atoms with Crippen molar-refractivity contribution in [1.82, 2.24) is 0 Å². The van der Waals surface area contributed by atoms with E-state index in [2.05, 4.69) is 0 Å². The largest absolute Gasteiger partial charge is 2.00 e. The monoisotopic (exact) mass is 332 g/mol. The second kappa shape index (κ2) is 13.7. The first-order valence-corrected chi connectivity index (χ1v) is 5.37. The van der Waals surface area contributed by atoms with Gasteiger partial charge in [-0.3, -0.25) is 0 Å². The van der Waals surface area contributed by atoms with Crippen LogP contribution in [0.25, 0.3) is 0 Å². The fourth-order valence-electron chi connectivity index (χ4n) is 1.26. The van der Waals surface area contributed by atoms with E-state index in [0.29, 0.717) is 13.0 Å². The molecule has 0 aromatic heterocycles. The molecule has 0 aliphatic carbocycles. The summed E-state index contributed by atoms with van der Waals surface area (Å²) in [4.78, 5) is 0. The van der Waals surface area contributed by atoms with Crippen molar-refractivity contribution in [2.24, 2.45) is 0 Å². The minimum Gasteiger partial charge on any atom is -1.00 e. The summed E-state index contributed by atoms with van der Waals surface area (Å²) in [6, 6.07) is 0. The van der Waals surface area contributed by atoms with E-state index in [9.17, 15) is 5.11 Å². The maximum absolute atomic E-state index is 11.3.